The lowest BCUT2D eigenvalue weighted by molar-refractivity contribution is -0.134. The highest BCUT2D eigenvalue weighted by molar-refractivity contribution is 6.04. The maximum atomic E-state index is 12.5. The van der Waals surface area contributed by atoms with E-state index in [1.165, 1.54) is 11.1 Å². The van der Waals surface area contributed by atoms with Crippen LogP contribution in [0.1, 0.15) is 21.5 Å². The normalized spacial score (nSPS) is 12.8. The van der Waals surface area contributed by atoms with E-state index in [0.29, 0.717) is 30.1 Å². The molecule has 1 N–H and O–H groups in total. The SMILES string of the molecule is O=C(Nc1ccc(OCC(=O)N2CCc3ccccc3C2)cc1)c1ccccc1. The van der Waals surface area contributed by atoms with Crippen LogP contribution in [0, 0.1) is 0 Å². The van der Waals surface area contributed by atoms with Crippen LogP contribution in [0.5, 0.6) is 5.75 Å². The Bertz CT molecular complexity index is 1000. The van der Waals surface area contributed by atoms with Crippen LogP contribution in [-0.2, 0) is 17.8 Å². The molecule has 4 rings (SSSR count). The van der Waals surface area contributed by atoms with E-state index < -0.39 is 0 Å². The number of rotatable bonds is 5. The number of carbonyl (C=O) groups is 2. The molecule has 2 amide bonds. The maximum absolute atomic E-state index is 12.5. The zero-order chi connectivity index (χ0) is 20.1. The Morgan fingerprint density at radius 1 is 0.862 bits per heavy atom. The summed E-state index contributed by atoms with van der Waals surface area (Å²) in [5.41, 5.74) is 3.78. The van der Waals surface area contributed by atoms with Gasteiger partial charge in [-0.3, -0.25) is 9.59 Å². The lowest BCUT2D eigenvalue weighted by atomic mass is 10.00. The monoisotopic (exact) mass is 386 g/mol. The molecule has 0 spiro atoms. The van der Waals surface area contributed by atoms with Gasteiger partial charge in [-0.2, -0.15) is 0 Å². The summed E-state index contributed by atoms with van der Waals surface area (Å²) in [7, 11) is 0. The van der Waals surface area contributed by atoms with Crippen LogP contribution in [-0.4, -0.2) is 29.9 Å². The quantitative estimate of drug-likeness (QED) is 0.723. The number of nitrogens with one attached hydrogen (secondary N) is 1. The summed E-state index contributed by atoms with van der Waals surface area (Å²) in [6, 6.07) is 24.3. The van der Waals surface area contributed by atoms with Crippen molar-refractivity contribution in [1.82, 2.24) is 4.90 Å². The Morgan fingerprint density at radius 3 is 2.31 bits per heavy atom. The molecule has 5 heteroatoms. The van der Waals surface area contributed by atoms with Gasteiger partial charge < -0.3 is 15.0 Å². The zero-order valence-corrected chi connectivity index (χ0v) is 16.0. The first-order chi connectivity index (χ1) is 14.2. The molecule has 0 aromatic heterocycles. The number of hydrogen-bond donors (Lipinski definition) is 1. The van der Waals surface area contributed by atoms with Gasteiger partial charge in [0.05, 0.1) is 0 Å². The van der Waals surface area contributed by atoms with Crippen LogP contribution in [0.15, 0.2) is 78.9 Å². The molecule has 0 unspecified atom stereocenters. The third-order valence-electron chi connectivity index (χ3n) is 4.99. The fourth-order valence-electron chi connectivity index (χ4n) is 3.37. The number of ether oxygens (including phenoxy) is 1. The summed E-state index contributed by atoms with van der Waals surface area (Å²) in [6.45, 7) is 1.34. The van der Waals surface area contributed by atoms with Crippen LogP contribution in [0.2, 0.25) is 0 Å². The van der Waals surface area contributed by atoms with Gasteiger partial charge in [-0.05, 0) is 53.9 Å². The number of anilines is 1. The van der Waals surface area contributed by atoms with Gasteiger partial charge in [-0.25, -0.2) is 0 Å². The van der Waals surface area contributed by atoms with Gasteiger partial charge in [-0.1, -0.05) is 42.5 Å². The van der Waals surface area contributed by atoms with E-state index in [-0.39, 0.29) is 18.4 Å². The molecule has 1 aliphatic heterocycles. The van der Waals surface area contributed by atoms with Gasteiger partial charge >= 0.3 is 0 Å². The first-order valence-electron chi connectivity index (χ1n) is 9.63. The van der Waals surface area contributed by atoms with Crippen molar-refractivity contribution in [2.45, 2.75) is 13.0 Å². The van der Waals surface area contributed by atoms with Crippen molar-refractivity contribution >= 4 is 17.5 Å². The number of benzene rings is 3. The second kappa shape index (κ2) is 8.61. The maximum Gasteiger partial charge on any atom is 0.260 e. The van der Waals surface area contributed by atoms with Gasteiger partial charge in [0, 0.05) is 24.3 Å². The van der Waals surface area contributed by atoms with Crippen molar-refractivity contribution in [1.29, 1.82) is 0 Å². The topological polar surface area (TPSA) is 58.6 Å². The standard InChI is InChI=1S/C24H22N2O3/c27-23(26-15-14-18-6-4-5-9-20(18)16-26)17-29-22-12-10-21(11-13-22)25-24(28)19-7-2-1-3-8-19/h1-13H,14-17H2,(H,25,28). The highest BCUT2D eigenvalue weighted by Gasteiger charge is 2.20. The Balaban J connectivity index is 1.29. The molecule has 0 fully saturated rings. The third-order valence-corrected chi connectivity index (χ3v) is 4.99. The predicted molar refractivity (Wildman–Crippen MR) is 112 cm³/mol. The average Bonchev–Trinajstić information content (AvgIpc) is 2.78. The third kappa shape index (κ3) is 4.63. The van der Waals surface area contributed by atoms with Crippen molar-refractivity contribution in [2.24, 2.45) is 0 Å². The largest absolute Gasteiger partial charge is 0.484 e. The molecule has 5 nitrogen and oxygen atoms in total. The van der Waals surface area contributed by atoms with Gasteiger partial charge in [0.25, 0.3) is 11.8 Å². The minimum Gasteiger partial charge on any atom is -0.484 e. The molecule has 0 saturated heterocycles. The first-order valence-corrected chi connectivity index (χ1v) is 9.63. The molecule has 0 bridgehead atoms. The van der Waals surface area contributed by atoms with Crippen molar-refractivity contribution in [2.75, 3.05) is 18.5 Å². The summed E-state index contributed by atoms with van der Waals surface area (Å²) < 4.78 is 5.65. The molecule has 1 heterocycles. The van der Waals surface area contributed by atoms with Crippen LogP contribution in [0.25, 0.3) is 0 Å². The summed E-state index contributed by atoms with van der Waals surface area (Å²) in [5.74, 6) is 0.397. The fraction of sp³-hybridized carbons (Fsp3) is 0.167. The molecule has 29 heavy (non-hydrogen) atoms. The molecule has 0 saturated carbocycles. The van der Waals surface area contributed by atoms with E-state index in [4.69, 9.17) is 4.74 Å². The molecule has 3 aromatic rings. The smallest absolute Gasteiger partial charge is 0.260 e. The van der Waals surface area contributed by atoms with Crippen molar-refractivity contribution in [3.8, 4) is 5.75 Å². The molecule has 3 aromatic carbocycles. The number of nitrogens with zero attached hydrogens (tertiary/aromatic N) is 1. The number of carbonyl (C=O) groups excluding carboxylic acids is 2. The predicted octanol–water partition coefficient (Wildman–Crippen LogP) is 3.90. The first kappa shape index (κ1) is 18.7. The van der Waals surface area contributed by atoms with Gasteiger partial charge in [-0.15, -0.1) is 0 Å². The fourth-order valence-corrected chi connectivity index (χ4v) is 3.37. The van der Waals surface area contributed by atoms with Gasteiger partial charge in [0.2, 0.25) is 0 Å². The van der Waals surface area contributed by atoms with E-state index in [2.05, 4.69) is 17.4 Å². The summed E-state index contributed by atoms with van der Waals surface area (Å²) >= 11 is 0. The van der Waals surface area contributed by atoms with Gasteiger partial charge in [0.1, 0.15) is 5.75 Å². The minimum absolute atomic E-state index is 0.00210. The van der Waals surface area contributed by atoms with Crippen molar-refractivity contribution in [3.05, 3.63) is 95.6 Å². The number of hydrogen-bond acceptors (Lipinski definition) is 3. The average molecular weight is 386 g/mol. The second-order valence-electron chi connectivity index (χ2n) is 6.97. The highest BCUT2D eigenvalue weighted by atomic mass is 16.5. The lowest BCUT2D eigenvalue weighted by Gasteiger charge is -2.28. The number of fused-ring (bicyclic) bond motifs is 1. The summed E-state index contributed by atoms with van der Waals surface area (Å²) in [6.07, 6.45) is 0.873. The van der Waals surface area contributed by atoms with E-state index in [1.54, 1.807) is 36.4 Å². The molecular weight excluding hydrogens is 364 g/mol. The van der Waals surface area contributed by atoms with Crippen molar-refractivity contribution in [3.63, 3.8) is 0 Å². The van der Waals surface area contributed by atoms with Crippen LogP contribution in [0.3, 0.4) is 0 Å². The van der Waals surface area contributed by atoms with Crippen molar-refractivity contribution < 1.29 is 14.3 Å². The van der Waals surface area contributed by atoms with E-state index in [1.807, 2.05) is 35.2 Å². The molecular formula is C24H22N2O3. The Hall–Kier alpha value is -3.60. The van der Waals surface area contributed by atoms with E-state index in [9.17, 15) is 9.59 Å². The summed E-state index contributed by atoms with van der Waals surface area (Å²) in [4.78, 5) is 26.5. The van der Waals surface area contributed by atoms with E-state index in [0.717, 1.165) is 6.42 Å². The minimum atomic E-state index is -0.167. The highest BCUT2D eigenvalue weighted by Crippen LogP contribution is 2.20. The Kier molecular flexibility index (Phi) is 5.56. The zero-order valence-electron chi connectivity index (χ0n) is 16.0. The Labute approximate surface area is 169 Å². The van der Waals surface area contributed by atoms with E-state index >= 15 is 0 Å². The molecule has 0 atom stereocenters. The van der Waals surface area contributed by atoms with Crippen LogP contribution < -0.4 is 10.1 Å². The Morgan fingerprint density at radius 2 is 1.55 bits per heavy atom. The molecule has 0 radical (unpaired) electrons. The van der Waals surface area contributed by atoms with Crippen LogP contribution in [0.4, 0.5) is 5.69 Å². The van der Waals surface area contributed by atoms with Crippen LogP contribution >= 0.6 is 0 Å². The molecule has 1 aliphatic rings. The van der Waals surface area contributed by atoms with Gasteiger partial charge in [0.15, 0.2) is 6.61 Å². The molecule has 146 valence electrons. The lowest BCUT2D eigenvalue weighted by Crippen LogP contribution is -2.38. The number of amides is 2. The molecule has 0 aliphatic carbocycles. The second-order valence-corrected chi connectivity index (χ2v) is 6.97. The summed E-state index contributed by atoms with van der Waals surface area (Å²) in [5, 5.41) is 2.84.